The highest BCUT2D eigenvalue weighted by molar-refractivity contribution is 5.85. The third kappa shape index (κ3) is 2.67. The standard InChI is InChI=1S/C11H12N2/c1-12-9-8-11(13-2)10-6-4-3-5-7-10/h3-9H,2H2,1H3/b11-8-,12-9?. The van der Waals surface area contributed by atoms with Gasteiger partial charge in [-0.2, -0.15) is 0 Å². The van der Waals surface area contributed by atoms with Gasteiger partial charge in [-0.3, -0.25) is 9.98 Å². The van der Waals surface area contributed by atoms with Crippen LogP contribution in [0, 0.1) is 0 Å². The zero-order chi connectivity index (χ0) is 9.52. The lowest BCUT2D eigenvalue weighted by Crippen LogP contribution is -1.80. The molecule has 0 spiro atoms. The summed E-state index contributed by atoms with van der Waals surface area (Å²) < 4.78 is 0. The van der Waals surface area contributed by atoms with E-state index in [1.54, 1.807) is 13.3 Å². The first kappa shape index (κ1) is 9.39. The van der Waals surface area contributed by atoms with Crippen LogP contribution in [0.1, 0.15) is 5.56 Å². The molecule has 0 aliphatic carbocycles. The van der Waals surface area contributed by atoms with Crippen LogP contribution in [0.15, 0.2) is 46.4 Å². The summed E-state index contributed by atoms with van der Waals surface area (Å²) in [7, 11) is 1.72. The number of allylic oxidation sites excluding steroid dienone is 1. The Bertz CT molecular complexity index is 323. The Balaban J connectivity index is 2.98. The molecule has 2 heteroatoms. The number of rotatable bonds is 3. The molecule has 1 aromatic rings. The number of benzene rings is 1. The van der Waals surface area contributed by atoms with E-state index in [1.807, 2.05) is 36.4 Å². The topological polar surface area (TPSA) is 24.7 Å². The van der Waals surface area contributed by atoms with Gasteiger partial charge in [-0.25, -0.2) is 0 Å². The van der Waals surface area contributed by atoms with Gasteiger partial charge in [-0.1, -0.05) is 30.3 Å². The van der Waals surface area contributed by atoms with Crippen molar-refractivity contribution in [2.24, 2.45) is 9.98 Å². The molecule has 0 bridgehead atoms. The average Bonchev–Trinajstić information content (AvgIpc) is 2.21. The summed E-state index contributed by atoms with van der Waals surface area (Å²) in [5, 5.41) is 0. The van der Waals surface area contributed by atoms with Gasteiger partial charge in [-0.05, 0) is 12.8 Å². The molecular weight excluding hydrogens is 160 g/mol. The summed E-state index contributed by atoms with van der Waals surface area (Å²) in [5.74, 6) is 0. The van der Waals surface area contributed by atoms with E-state index in [9.17, 15) is 0 Å². The minimum Gasteiger partial charge on any atom is -0.296 e. The molecular formula is C11H12N2. The van der Waals surface area contributed by atoms with E-state index < -0.39 is 0 Å². The molecule has 0 N–H and O–H groups in total. The van der Waals surface area contributed by atoms with E-state index in [1.165, 1.54) is 0 Å². The molecule has 13 heavy (non-hydrogen) atoms. The maximum atomic E-state index is 3.92. The quantitative estimate of drug-likeness (QED) is 0.625. The second-order valence-corrected chi connectivity index (χ2v) is 2.48. The summed E-state index contributed by atoms with van der Waals surface area (Å²) in [4.78, 5) is 7.78. The summed E-state index contributed by atoms with van der Waals surface area (Å²) in [5.41, 5.74) is 1.89. The van der Waals surface area contributed by atoms with Gasteiger partial charge < -0.3 is 0 Å². The summed E-state index contributed by atoms with van der Waals surface area (Å²) >= 11 is 0. The van der Waals surface area contributed by atoms with Crippen LogP contribution in [0.3, 0.4) is 0 Å². The molecule has 0 aliphatic heterocycles. The first-order valence-electron chi connectivity index (χ1n) is 4.03. The van der Waals surface area contributed by atoms with Crippen LogP contribution in [0.4, 0.5) is 0 Å². The van der Waals surface area contributed by atoms with Gasteiger partial charge >= 0.3 is 0 Å². The molecule has 0 saturated heterocycles. The molecule has 0 amide bonds. The van der Waals surface area contributed by atoms with E-state index in [0.717, 1.165) is 11.3 Å². The Morgan fingerprint density at radius 1 is 1.31 bits per heavy atom. The molecule has 1 aromatic carbocycles. The lowest BCUT2D eigenvalue weighted by atomic mass is 10.1. The third-order valence-corrected chi connectivity index (χ3v) is 1.62. The minimum absolute atomic E-state index is 0.839. The fraction of sp³-hybridized carbons (Fsp3) is 0.0909. The molecule has 1 rings (SSSR count). The van der Waals surface area contributed by atoms with Gasteiger partial charge in [0.1, 0.15) is 0 Å². The third-order valence-electron chi connectivity index (χ3n) is 1.62. The van der Waals surface area contributed by atoms with Crippen molar-refractivity contribution in [1.82, 2.24) is 0 Å². The summed E-state index contributed by atoms with van der Waals surface area (Å²) in [6.45, 7) is 3.51. The maximum Gasteiger partial charge on any atom is 0.0709 e. The van der Waals surface area contributed by atoms with E-state index >= 15 is 0 Å². The van der Waals surface area contributed by atoms with Gasteiger partial charge in [0.2, 0.25) is 0 Å². The fourth-order valence-corrected chi connectivity index (χ4v) is 0.994. The molecule has 2 nitrogen and oxygen atoms in total. The van der Waals surface area contributed by atoms with E-state index in [4.69, 9.17) is 0 Å². The molecule has 0 heterocycles. The van der Waals surface area contributed by atoms with Gasteiger partial charge in [0.25, 0.3) is 0 Å². The number of nitrogens with zero attached hydrogens (tertiary/aromatic N) is 2. The van der Waals surface area contributed by atoms with Crippen LogP contribution in [0.25, 0.3) is 5.70 Å². The highest BCUT2D eigenvalue weighted by Crippen LogP contribution is 2.13. The highest BCUT2D eigenvalue weighted by atomic mass is 14.7. The summed E-state index contributed by atoms with van der Waals surface area (Å²) in [6, 6.07) is 9.89. The predicted molar refractivity (Wildman–Crippen MR) is 58.4 cm³/mol. The Kier molecular flexibility index (Phi) is 3.64. The average molecular weight is 172 g/mol. The number of hydrogen-bond donors (Lipinski definition) is 0. The van der Waals surface area contributed by atoms with E-state index in [-0.39, 0.29) is 0 Å². The molecule has 0 atom stereocenters. The van der Waals surface area contributed by atoms with E-state index in [2.05, 4.69) is 16.7 Å². The van der Waals surface area contributed by atoms with Gasteiger partial charge in [0, 0.05) is 18.8 Å². The molecule has 0 fully saturated rings. The van der Waals surface area contributed by atoms with Crippen LogP contribution in [-0.2, 0) is 0 Å². The van der Waals surface area contributed by atoms with Crippen molar-refractivity contribution in [2.75, 3.05) is 7.05 Å². The lowest BCUT2D eigenvalue weighted by molar-refractivity contribution is 1.47. The Morgan fingerprint density at radius 3 is 2.54 bits per heavy atom. The monoisotopic (exact) mass is 172 g/mol. The van der Waals surface area contributed by atoms with Crippen molar-refractivity contribution in [2.45, 2.75) is 0 Å². The Labute approximate surface area is 78.4 Å². The Morgan fingerprint density at radius 2 is 2.00 bits per heavy atom. The minimum atomic E-state index is 0.839. The zero-order valence-corrected chi connectivity index (χ0v) is 7.64. The van der Waals surface area contributed by atoms with Crippen molar-refractivity contribution in [1.29, 1.82) is 0 Å². The van der Waals surface area contributed by atoms with Crippen molar-refractivity contribution in [3.63, 3.8) is 0 Å². The highest BCUT2D eigenvalue weighted by Gasteiger charge is 1.94. The first-order valence-corrected chi connectivity index (χ1v) is 4.03. The summed E-state index contributed by atoms with van der Waals surface area (Å²) in [6.07, 6.45) is 3.54. The fourth-order valence-electron chi connectivity index (χ4n) is 0.994. The van der Waals surface area contributed by atoms with E-state index in [0.29, 0.717) is 0 Å². The SMILES string of the molecule is C=N/C(=C\C=NC)c1ccccc1. The normalized spacial score (nSPS) is 11.9. The van der Waals surface area contributed by atoms with Crippen LogP contribution in [0.5, 0.6) is 0 Å². The second-order valence-electron chi connectivity index (χ2n) is 2.48. The van der Waals surface area contributed by atoms with Crippen LogP contribution >= 0.6 is 0 Å². The van der Waals surface area contributed by atoms with Crippen molar-refractivity contribution in [3.05, 3.63) is 42.0 Å². The molecule has 0 aromatic heterocycles. The van der Waals surface area contributed by atoms with Crippen molar-refractivity contribution in [3.8, 4) is 0 Å². The largest absolute Gasteiger partial charge is 0.296 e. The van der Waals surface area contributed by atoms with Crippen LogP contribution in [-0.4, -0.2) is 20.0 Å². The molecule has 0 saturated carbocycles. The predicted octanol–water partition coefficient (Wildman–Crippen LogP) is 2.43. The lowest BCUT2D eigenvalue weighted by Gasteiger charge is -1.98. The van der Waals surface area contributed by atoms with Gasteiger partial charge in [0.05, 0.1) is 5.70 Å². The van der Waals surface area contributed by atoms with Crippen molar-refractivity contribution >= 4 is 18.6 Å². The molecule has 0 radical (unpaired) electrons. The van der Waals surface area contributed by atoms with Gasteiger partial charge in [-0.15, -0.1) is 0 Å². The molecule has 0 unspecified atom stereocenters. The number of aliphatic imine (C=N–C) groups is 2. The second kappa shape index (κ2) is 5.04. The van der Waals surface area contributed by atoms with Crippen molar-refractivity contribution < 1.29 is 0 Å². The Hall–Kier alpha value is -1.70. The van der Waals surface area contributed by atoms with Crippen LogP contribution < -0.4 is 0 Å². The first-order chi connectivity index (χ1) is 6.38. The maximum absolute atomic E-state index is 3.92. The van der Waals surface area contributed by atoms with Crippen LogP contribution in [0.2, 0.25) is 0 Å². The molecule has 66 valence electrons. The number of hydrogen-bond acceptors (Lipinski definition) is 2. The van der Waals surface area contributed by atoms with Gasteiger partial charge in [0.15, 0.2) is 0 Å². The molecule has 0 aliphatic rings. The zero-order valence-electron chi connectivity index (χ0n) is 7.64. The smallest absolute Gasteiger partial charge is 0.0709 e.